The van der Waals surface area contributed by atoms with Gasteiger partial charge in [0.05, 0.1) is 7.11 Å². The molecule has 3 rings (SSSR count). The van der Waals surface area contributed by atoms with Crippen molar-refractivity contribution in [3.63, 3.8) is 0 Å². The Morgan fingerprint density at radius 2 is 1.86 bits per heavy atom. The highest BCUT2D eigenvalue weighted by atomic mass is 79.9. The lowest BCUT2D eigenvalue weighted by Gasteiger charge is -2.11. The summed E-state index contributed by atoms with van der Waals surface area (Å²) in [7, 11) is 1.66. The number of hydrogen-bond acceptors (Lipinski definition) is 3. The summed E-state index contributed by atoms with van der Waals surface area (Å²) in [5, 5.41) is 2.26. The summed E-state index contributed by atoms with van der Waals surface area (Å²) < 4.78 is 12.1. The van der Waals surface area contributed by atoms with E-state index in [0.29, 0.717) is 12.5 Å². The van der Waals surface area contributed by atoms with Crippen molar-refractivity contribution in [2.24, 2.45) is 0 Å². The van der Waals surface area contributed by atoms with Gasteiger partial charge in [0.15, 0.2) is 0 Å². The van der Waals surface area contributed by atoms with E-state index in [4.69, 9.17) is 9.47 Å². The molecule has 0 atom stereocenters. The fraction of sp³-hybridized carbons (Fsp3) is 0.167. The number of methoxy groups -OCH3 is 1. The number of nitrogens with zero attached hydrogens (tertiary/aromatic N) is 1. The largest absolute Gasteiger partial charge is 0.497 e. The predicted octanol–water partition coefficient (Wildman–Crippen LogP) is 4.89. The van der Waals surface area contributed by atoms with Crippen molar-refractivity contribution in [2.45, 2.75) is 13.5 Å². The van der Waals surface area contributed by atoms with Crippen molar-refractivity contribution in [3.8, 4) is 11.6 Å². The maximum Gasteiger partial charge on any atom is 0.217 e. The quantitative estimate of drug-likeness (QED) is 0.665. The van der Waals surface area contributed by atoms with Gasteiger partial charge >= 0.3 is 0 Å². The van der Waals surface area contributed by atoms with Crippen LogP contribution < -0.4 is 9.47 Å². The summed E-state index contributed by atoms with van der Waals surface area (Å²) >= 11 is 3.48. The maximum atomic E-state index is 5.87. The SMILES string of the molecule is COc1ccc(COc2ncc3cc(Br)ccc3c2C)cc1. The van der Waals surface area contributed by atoms with Crippen LogP contribution in [0.25, 0.3) is 10.8 Å². The molecule has 112 valence electrons. The fourth-order valence-corrected chi connectivity index (χ4v) is 2.72. The summed E-state index contributed by atoms with van der Waals surface area (Å²) in [6.45, 7) is 2.52. The van der Waals surface area contributed by atoms with Crippen molar-refractivity contribution in [1.29, 1.82) is 0 Å². The Balaban J connectivity index is 1.81. The molecule has 0 spiro atoms. The van der Waals surface area contributed by atoms with E-state index in [2.05, 4.69) is 33.0 Å². The van der Waals surface area contributed by atoms with Gasteiger partial charge < -0.3 is 9.47 Å². The molecule has 1 heterocycles. The molecule has 0 saturated carbocycles. The third kappa shape index (κ3) is 3.07. The monoisotopic (exact) mass is 357 g/mol. The van der Waals surface area contributed by atoms with Gasteiger partial charge in [-0.25, -0.2) is 4.98 Å². The van der Waals surface area contributed by atoms with Crippen LogP contribution in [0.4, 0.5) is 0 Å². The van der Waals surface area contributed by atoms with E-state index in [0.717, 1.165) is 32.1 Å². The molecule has 0 bridgehead atoms. The highest BCUT2D eigenvalue weighted by molar-refractivity contribution is 9.10. The summed E-state index contributed by atoms with van der Waals surface area (Å²) in [5.41, 5.74) is 2.14. The summed E-state index contributed by atoms with van der Waals surface area (Å²) in [4.78, 5) is 4.43. The van der Waals surface area contributed by atoms with E-state index in [9.17, 15) is 0 Å². The average molecular weight is 358 g/mol. The maximum absolute atomic E-state index is 5.87. The number of benzene rings is 2. The summed E-state index contributed by atoms with van der Waals surface area (Å²) in [5.74, 6) is 1.51. The molecule has 0 N–H and O–H groups in total. The van der Waals surface area contributed by atoms with Crippen LogP contribution in [0.2, 0.25) is 0 Å². The molecule has 0 radical (unpaired) electrons. The molecular formula is C18H16BrNO2. The second-order valence-corrected chi connectivity index (χ2v) is 5.97. The average Bonchev–Trinajstić information content (AvgIpc) is 2.54. The lowest BCUT2D eigenvalue weighted by molar-refractivity contribution is 0.292. The minimum absolute atomic E-state index is 0.486. The zero-order valence-corrected chi connectivity index (χ0v) is 14.1. The number of hydrogen-bond donors (Lipinski definition) is 0. The number of aromatic nitrogens is 1. The highest BCUT2D eigenvalue weighted by Gasteiger charge is 2.07. The van der Waals surface area contributed by atoms with Gasteiger partial charge in [-0.1, -0.05) is 34.1 Å². The van der Waals surface area contributed by atoms with Crippen molar-refractivity contribution in [2.75, 3.05) is 7.11 Å². The molecule has 0 unspecified atom stereocenters. The van der Waals surface area contributed by atoms with E-state index in [1.165, 1.54) is 0 Å². The van der Waals surface area contributed by atoms with Crippen molar-refractivity contribution in [3.05, 3.63) is 64.3 Å². The number of rotatable bonds is 4. The fourth-order valence-electron chi connectivity index (χ4n) is 2.34. The van der Waals surface area contributed by atoms with Gasteiger partial charge in [-0.05, 0) is 42.1 Å². The second kappa shape index (κ2) is 6.36. The summed E-state index contributed by atoms with van der Waals surface area (Å²) in [6.07, 6.45) is 1.84. The van der Waals surface area contributed by atoms with Gasteiger partial charge in [-0.2, -0.15) is 0 Å². The first-order chi connectivity index (χ1) is 10.7. The van der Waals surface area contributed by atoms with Crippen molar-refractivity contribution in [1.82, 2.24) is 4.98 Å². The lowest BCUT2D eigenvalue weighted by Crippen LogP contribution is -1.99. The molecule has 1 aromatic heterocycles. The third-order valence-corrected chi connectivity index (χ3v) is 4.09. The molecule has 0 fully saturated rings. The smallest absolute Gasteiger partial charge is 0.217 e. The van der Waals surface area contributed by atoms with E-state index < -0.39 is 0 Å². The first kappa shape index (κ1) is 14.9. The van der Waals surface area contributed by atoms with Crippen molar-refractivity contribution < 1.29 is 9.47 Å². The van der Waals surface area contributed by atoms with Crippen LogP contribution in [0.5, 0.6) is 11.6 Å². The Kier molecular flexibility index (Phi) is 4.29. The van der Waals surface area contributed by atoms with Crippen LogP contribution in [-0.2, 0) is 6.61 Å². The van der Waals surface area contributed by atoms with Crippen LogP contribution in [-0.4, -0.2) is 12.1 Å². The molecule has 3 aromatic rings. The lowest BCUT2D eigenvalue weighted by atomic mass is 10.1. The van der Waals surface area contributed by atoms with Gasteiger partial charge in [-0.15, -0.1) is 0 Å². The van der Waals surface area contributed by atoms with Crippen molar-refractivity contribution >= 4 is 26.7 Å². The molecular weight excluding hydrogens is 342 g/mol. The molecule has 3 nitrogen and oxygen atoms in total. The molecule has 2 aromatic carbocycles. The summed E-state index contributed by atoms with van der Waals surface area (Å²) in [6, 6.07) is 14.0. The van der Waals surface area contributed by atoms with Crippen LogP contribution in [0.15, 0.2) is 53.1 Å². The molecule has 0 aliphatic carbocycles. The van der Waals surface area contributed by atoms with Gasteiger partial charge in [0.2, 0.25) is 5.88 Å². The number of halogens is 1. The van der Waals surface area contributed by atoms with Gasteiger partial charge in [0.1, 0.15) is 12.4 Å². The molecule has 0 amide bonds. The Morgan fingerprint density at radius 1 is 1.09 bits per heavy atom. The van der Waals surface area contributed by atoms with Crippen LogP contribution in [0, 0.1) is 6.92 Å². The van der Waals surface area contributed by atoms with Gasteiger partial charge in [-0.3, -0.25) is 0 Å². The molecule has 0 saturated heterocycles. The highest BCUT2D eigenvalue weighted by Crippen LogP contribution is 2.27. The third-order valence-electron chi connectivity index (χ3n) is 3.59. The molecule has 4 heteroatoms. The van der Waals surface area contributed by atoms with E-state index in [1.54, 1.807) is 7.11 Å². The van der Waals surface area contributed by atoms with Gasteiger partial charge in [0, 0.05) is 21.6 Å². The standard InChI is InChI=1S/C18H16BrNO2/c1-12-17-8-5-15(19)9-14(17)10-20-18(12)22-11-13-3-6-16(21-2)7-4-13/h3-10H,11H2,1-2H3. The van der Waals surface area contributed by atoms with E-state index in [-0.39, 0.29) is 0 Å². The van der Waals surface area contributed by atoms with Gasteiger partial charge in [0.25, 0.3) is 0 Å². The minimum atomic E-state index is 0.486. The second-order valence-electron chi connectivity index (χ2n) is 5.06. The van der Waals surface area contributed by atoms with Crippen LogP contribution in [0.1, 0.15) is 11.1 Å². The Bertz CT molecular complexity index is 800. The molecule has 0 aliphatic heterocycles. The number of pyridine rings is 1. The first-order valence-corrected chi connectivity index (χ1v) is 7.77. The minimum Gasteiger partial charge on any atom is -0.497 e. The normalized spacial score (nSPS) is 10.7. The Morgan fingerprint density at radius 3 is 2.59 bits per heavy atom. The van der Waals surface area contributed by atoms with E-state index >= 15 is 0 Å². The van der Waals surface area contributed by atoms with Crippen LogP contribution in [0.3, 0.4) is 0 Å². The Labute approximate surface area is 138 Å². The number of aryl methyl sites for hydroxylation is 1. The molecule has 0 aliphatic rings. The number of ether oxygens (including phenoxy) is 2. The number of fused-ring (bicyclic) bond motifs is 1. The van der Waals surface area contributed by atoms with Crippen LogP contribution >= 0.6 is 15.9 Å². The Hall–Kier alpha value is -2.07. The van der Waals surface area contributed by atoms with E-state index in [1.807, 2.05) is 43.5 Å². The molecule has 22 heavy (non-hydrogen) atoms. The topological polar surface area (TPSA) is 31.4 Å². The first-order valence-electron chi connectivity index (χ1n) is 6.98. The zero-order chi connectivity index (χ0) is 15.5. The predicted molar refractivity (Wildman–Crippen MR) is 91.5 cm³/mol. The zero-order valence-electron chi connectivity index (χ0n) is 12.5.